The third-order valence-electron chi connectivity index (χ3n) is 4.75. The van der Waals surface area contributed by atoms with Gasteiger partial charge in [0.05, 0.1) is 12.3 Å². The molecule has 2 bridgehead atoms. The summed E-state index contributed by atoms with van der Waals surface area (Å²) in [6.07, 6.45) is 9.35. The second-order valence-corrected chi connectivity index (χ2v) is 6.49. The number of aromatic nitrogens is 1. The molecule has 0 aliphatic heterocycles. The molecule has 4 atom stereocenters. The summed E-state index contributed by atoms with van der Waals surface area (Å²) in [6, 6.07) is 2.20. The molecule has 1 heterocycles. The Morgan fingerprint density at radius 3 is 2.74 bits per heavy atom. The molecule has 2 fully saturated rings. The zero-order chi connectivity index (χ0) is 13.4. The minimum Gasteiger partial charge on any atom is -0.489 e. The van der Waals surface area contributed by atoms with Gasteiger partial charge in [0.1, 0.15) is 5.75 Å². The van der Waals surface area contributed by atoms with Gasteiger partial charge in [-0.05, 0) is 62.5 Å². The molecule has 104 valence electrons. The topological polar surface area (TPSA) is 48.1 Å². The number of hydrogen-bond donors (Lipinski definition) is 1. The minimum absolute atomic E-state index is 0.124. The van der Waals surface area contributed by atoms with Gasteiger partial charge < -0.3 is 10.5 Å². The first-order chi connectivity index (χ1) is 9.13. The van der Waals surface area contributed by atoms with E-state index in [1.807, 2.05) is 20.0 Å². The number of nitrogens with zero attached hydrogens (tertiary/aromatic N) is 1. The van der Waals surface area contributed by atoms with Gasteiger partial charge in [-0.2, -0.15) is 0 Å². The molecule has 0 spiro atoms. The third-order valence-corrected chi connectivity index (χ3v) is 4.75. The molecule has 3 nitrogen and oxygen atoms in total. The van der Waals surface area contributed by atoms with E-state index in [0.29, 0.717) is 5.92 Å². The fraction of sp³-hybridized carbons (Fsp3) is 0.688. The summed E-state index contributed by atoms with van der Waals surface area (Å²) in [5.41, 5.74) is 7.63. The number of ether oxygens (including phenoxy) is 1. The number of fused-ring (bicyclic) bond motifs is 2. The monoisotopic (exact) mass is 260 g/mol. The fourth-order valence-electron chi connectivity index (χ4n) is 3.94. The van der Waals surface area contributed by atoms with Crippen molar-refractivity contribution in [3.8, 4) is 5.75 Å². The lowest BCUT2D eigenvalue weighted by molar-refractivity contribution is 0.240. The highest BCUT2D eigenvalue weighted by molar-refractivity contribution is 5.27. The van der Waals surface area contributed by atoms with E-state index < -0.39 is 0 Å². The molecule has 0 saturated heterocycles. The molecule has 3 rings (SSSR count). The fourth-order valence-corrected chi connectivity index (χ4v) is 3.94. The van der Waals surface area contributed by atoms with Crippen LogP contribution in [0.3, 0.4) is 0 Å². The van der Waals surface area contributed by atoms with Gasteiger partial charge in [0, 0.05) is 12.2 Å². The van der Waals surface area contributed by atoms with Crippen LogP contribution in [0.15, 0.2) is 18.5 Å². The van der Waals surface area contributed by atoms with E-state index in [4.69, 9.17) is 10.5 Å². The van der Waals surface area contributed by atoms with Gasteiger partial charge in [0.25, 0.3) is 0 Å². The molecule has 0 amide bonds. The van der Waals surface area contributed by atoms with E-state index in [9.17, 15) is 0 Å². The van der Waals surface area contributed by atoms with E-state index in [1.54, 1.807) is 6.20 Å². The minimum atomic E-state index is 0.124. The number of rotatable bonds is 4. The summed E-state index contributed by atoms with van der Waals surface area (Å²) in [7, 11) is 0. The van der Waals surface area contributed by atoms with Crippen LogP contribution in [0.4, 0.5) is 0 Å². The van der Waals surface area contributed by atoms with E-state index in [-0.39, 0.29) is 12.1 Å². The smallest absolute Gasteiger partial charge is 0.138 e. The first-order valence-corrected chi connectivity index (χ1v) is 7.50. The molecule has 1 aromatic rings. The summed E-state index contributed by atoms with van der Waals surface area (Å²) in [5, 5.41) is 0. The van der Waals surface area contributed by atoms with Gasteiger partial charge >= 0.3 is 0 Å². The standard InChI is InChI=1S/C16H24N2O/c1-10(2)19-14-7-13(8-18-9-14)16(17)15-6-11-3-4-12(15)5-11/h7-12,15-16H,3-6,17H2,1-2H3. The maximum absolute atomic E-state index is 6.49. The largest absolute Gasteiger partial charge is 0.489 e. The van der Waals surface area contributed by atoms with Crippen LogP contribution in [0.25, 0.3) is 0 Å². The Balaban J connectivity index is 1.74. The van der Waals surface area contributed by atoms with Crippen LogP contribution in [-0.4, -0.2) is 11.1 Å². The molecule has 3 heteroatoms. The van der Waals surface area contributed by atoms with Gasteiger partial charge in [0.2, 0.25) is 0 Å². The molecule has 1 aromatic heterocycles. The first-order valence-electron chi connectivity index (χ1n) is 7.50. The maximum atomic E-state index is 6.49. The highest BCUT2D eigenvalue weighted by Crippen LogP contribution is 2.52. The van der Waals surface area contributed by atoms with Crippen molar-refractivity contribution in [3.63, 3.8) is 0 Å². The summed E-state index contributed by atoms with van der Waals surface area (Å²) < 4.78 is 5.71. The first kappa shape index (κ1) is 12.9. The Hall–Kier alpha value is -1.09. The van der Waals surface area contributed by atoms with Crippen molar-refractivity contribution in [1.29, 1.82) is 0 Å². The lowest BCUT2D eigenvalue weighted by atomic mass is 9.81. The van der Waals surface area contributed by atoms with Crippen molar-refractivity contribution in [2.24, 2.45) is 23.5 Å². The second-order valence-electron chi connectivity index (χ2n) is 6.49. The van der Waals surface area contributed by atoms with Crippen LogP contribution in [0.2, 0.25) is 0 Å². The van der Waals surface area contributed by atoms with Crippen LogP contribution >= 0.6 is 0 Å². The average molecular weight is 260 g/mol. The van der Waals surface area contributed by atoms with Crippen molar-refractivity contribution in [1.82, 2.24) is 4.98 Å². The Morgan fingerprint density at radius 1 is 1.26 bits per heavy atom. The highest BCUT2D eigenvalue weighted by Gasteiger charge is 2.42. The lowest BCUT2D eigenvalue weighted by Crippen LogP contribution is -2.26. The predicted octanol–water partition coefficient (Wildman–Crippen LogP) is 3.30. The quantitative estimate of drug-likeness (QED) is 0.903. The summed E-state index contributed by atoms with van der Waals surface area (Å²) in [6.45, 7) is 4.06. The van der Waals surface area contributed by atoms with Gasteiger partial charge in [-0.3, -0.25) is 4.98 Å². The summed E-state index contributed by atoms with van der Waals surface area (Å²) in [5.74, 6) is 3.26. The molecule has 0 aromatic carbocycles. The third kappa shape index (κ3) is 2.62. The van der Waals surface area contributed by atoms with Crippen molar-refractivity contribution < 1.29 is 4.74 Å². The summed E-state index contributed by atoms with van der Waals surface area (Å²) in [4.78, 5) is 4.29. The normalized spacial score (nSPS) is 30.8. The molecule has 2 saturated carbocycles. The highest BCUT2D eigenvalue weighted by atomic mass is 16.5. The van der Waals surface area contributed by atoms with Gasteiger partial charge in [-0.1, -0.05) is 6.42 Å². The lowest BCUT2D eigenvalue weighted by Gasteiger charge is -2.28. The zero-order valence-corrected chi connectivity index (χ0v) is 11.9. The molecular weight excluding hydrogens is 236 g/mol. The van der Waals surface area contributed by atoms with E-state index >= 15 is 0 Å². The summed E-state index contributed by atoms with van der Waals surface area (Å²) >= 11 is 0. The molecule has 2 N–H and O–H groups in total. The van der Waals surface area contributed by atoms with Crippen LogP contribution in [0.5, 0.6) is 5.75 Å². The van der Waals surface area contributed by atoms with Gasteiger partial charge in [0.15, 0.2) is 0 Å². The van der Waals surface area contributed by atoms with E-state index in [2.05, 4.69) is 11.1 Å². The number of pyridine rings is 1. The Kier molecular flexibility index (Phi) is 3.48. The second kappa shape index (κ2) is 5.12. The van der Waals surface area contributed by atoms with Crippen molar-refractivity contribution in [2.75, 3.05) is 0 Å². The van der Waals surface area contributed by atoms with Crippen molar-refractivity contribution >= 4 is 0 Å². The molecule has 0 radical (unpaired) electrons. The molecule has 2 aliphatic rings. The number of hydrogen-bond acceptors (Lipinski definition) is 3. The van der Waals surface area contributed by atoms with Crippen LogP contribution < -0.4 is 10.5 Å². The SMILES string of the molecule is CC(C)Oc1cncc(C(N)C2CC3CCC2C3)c1. The molecular formula is C16H24N2O. The zero-order valence-electron chi connectivity index (χ0n) is 11.9. The average Bonchev–Trinajstić information content (AvgIpc) is 2.99. The number of nitrogens with two attached hydrogens (primary N) is 1. The predicted molar refractivity (Wildman–Crippen MR) is 75.9 cm³/mol. The Labute approximate surface area is 115 Å². The van der Waals surface area contributed by atoms with Gasteiger partial charge in [-0.25, -0.2) is 0 Å². The van der Waals surface area contributed by atoms with Crippen molar-refractivity contribution in [3.05, 3.63) is 24.0 Å². The van der Waals surface area contributed by atoms with Crippen LogP contribution in [0, 0.1) is 17.8 Å². The van der Waals surface area contributed by atoms with E-state index in [0.717, 1.165) is 23.1 Å². The van der Waals surface area contributed by atoms with Gasteiger partial charge in [-0.15, -0.1) is 0 Å². The van der Waals surface area contributed by atoms with Crippen LogP contribution in [0.1, 0.15) is 51.1 Å². The van der Waals surface area contributed by atoms with Crippen molar-refractivity contribution in [2.45, 2.75) is 51.7 Å². The van der Waals surface area contributed by atoms with Crippen LogP contribution in [-0.2, 0) is 0 Å². The van der Waals surface area contributed by atoms with E-state index in [1.165, 1.54) is 25.7 Å². The maximum Gasteiger partial charge on any atom is 0.138 e. The Morgan fingerprint density at radius 2 is 2.11 bits per heavy atom. The molecule has 19 heavy (non-hydrogen) atoms. The Bertz CT molecular complexity index is 446. The molecule has 4 unspecified atom stereocenters. The molecule has 2 aliphatic carbocycles.